The molecular weight excluding hydrogens is 821 g/mol. The lowest BCUT2D eigenvalue weighted by atomic mass is 9.77. The van der Waals surface area contributed by atoms with E-state index < -0.39 is 61.5 Å². The van der Waals surface area contributed by atoms with E-state index in [0.717, 1.165) is 86.8 Å². The Bertz CT molecular complexity index is 2220. The van der Waals surface area contributed by atoms with Gasteiger partial charge in [-0.15, -0.1) is 6.58 Å². The highest BCUT2D eigenvalue weighted by atomic mass is 32.2. The number of likely N-dealkylation sites (tertiary alicyclic amines) is 1. The fraction of sp³-hybridized carbons (Fsp3) is 0.694. The summed E-state index contributed by atoms with van der Waals surface area (Å²) < 4.78 is 47.5. The van der Waals surface area contributed by atoms with Crippen molar-refractivity contribution in [2.45, 2.75) is 148 Å². The van der Waals surface area contributed by atoms with Crippen LogP contribution in [0.4, 0.5) is 0 Å². The lowest BCUT2D eigenvalue weighted by Crippen LogP contribution is -2.49. The van der Waals surface area contributed by atoms with Crippen molar-refractivity contribution in [3.63, 3.8) is 0 Å². The van der Waals surface area contributed by atoms with Crippen molar-refractivity contribution in [1.82, 2.24) is 19.5 Å². The number of piperidine rings is 1. The van der Waals surface area contributed by atoms with E-state index in [1.807, 2.05) is 45.0 Å². The molecule has 344 valence electrons. The summed E-state index contributed by atoms with van der Waals surface area (Å²) in [5.41, 5.74) is -0.373. The van der Waals surface area contributed by atoms with Crippen LogP contribution in [0, 0.1) is 34.5 Å². The van der Waals surface area contributed by atoms with Gasteiger partial charge in [-0.1, -0.05) is 58.7 Å². The van der Waals surface area contributed by atoms with Gasteiger partial charge in [0.2, 0.25) is 27.7 Å². The molecule has 1 unspecified atom stereocenters. The summed E-state index contributed by atoms with van der Waals surface area (Å²) in [5, 5.41) is 0.916. The van der Waals surface area contributed by atoms with Crippen LogP contribution in [0.15, 0.2) is 36.9 Å². The second-order valence-electron chi connectivity index (χ2n) is 20.9. The number of hydrogen-bond donors (Lipinski definition) is 1. The summed E-state index contributed by atoms with van der Waals surface area (Å²) in [4.78, 5) is 66.4. The van der Waals surface area contributed by atoms with Gasteiger partial charge in [0.25, 0.3) is 0 Å². The second kappa shape index (κ2) is 17.7. The maximum absolute atomic E-state index is 15.0. The molecule has 2 saturated heterocycles. The summed E-state index contributed by atoms with van der Waals surface area (Å²) in [6.07, 6.45) is 9.15. The fourth-order valence-electron chi connectivity index (χ4n) is 10.4. The topological polar surface area (TPSA) is 162 Å². The van der Waals surface area contributed by atoms with E-state index in [9.17, 15) is 27.6 Å². The van der Waals surface area contributed by atoms with E-state index in [1.54, 1.807) is 17.9 Å². The zero-order valence-corrected chi connectivity index (χ0v) is 38.8. The van der Waals surface area contributed by atoms with E-state index in [4.69, 9.17) is 19.2 Å². The van der Waals surface area contributed by atoms with Gasteiger partial charge in [-0.25, -0.2) is 13.4 Å². The molecule has 3 aliphatic heterocycles. The lowest BCUT2D eigenvalue weighted by Gasteiger charge is -2.34. The molecule has 2 bridgehead atoms. The number of Topliss-reactive ketones (excluding diaryl/α,β-unsaturated/α-hetero) is 1. The Hall–Kier alpha value is -4.04. The maximum atomic E-state index is 15.0. The predicted octanol–water partition coefficient (Wildman–Crippen LogP) is 6.94. The number of pyridine rings is 1. The fourth-order valence-corrected chi connectivity index (χ4v) is 11.7. The number of para-hydroxylation sites is 1. The second-order valence-corrected chi connectivity index (χ2v) is 23.1. The molecule has 4 heterocycles. The van der Waals surface area contributed by atoms with Crippen LogP contribution in [0.5, 0.6) is 11.6 Å². The normalized spacial score (nSPS) is 31.3. The largest absolute Gasteiger partial charge is 0.492 e. The molecule has 3 aliphatic carbocycles. The van der Waals surface area contributed by atoms with Gasteiger partial charge in [-0.05, 0) is 107 Å². The Kier molecular flexibility index (Phi) is 12.8. The number of ether oxygens (including phenoxy) is 3. The minimum absolute atomic E-state index is 0.0530. The van der Waals surface area contributed by atoms with Crippen LogP contribution in [0.1, 0.15) is 124 Å². The Morgan fingerprint density at radius 2 is 1.83 bits per heavy atom. The Morgan fingerprint density at radius 3 is 2.54 bits per heavy atom. The number of hydrogen-bond acceptors (Lipinski definition) is 11. The van der Waals surface area contributed by atoms with Crippen molar-refractivity contribution in [2.75, 3.05) is 32.8 Å². The number of ketones is 1. The quantitative estimate of drug-likeness (QED) is 0.184. The number of nitrogens with one attached hydrogen (secondary N) is 1. The van der Waals surface area contributed by atoms with Crippen LogP contribution in [0.2, 0.25) is 0 Å². The van der Waals surface area contributed by atoms with Crippen LogP contribution in [0.25, 0.3) is 10.9 Å². The van der Waals surface area contributed by atoms with E-state index >= 15 is 0 Å². The number of esters is 1. The van der Waals surface area contributed by atoms with Crippen molar-refractivity contribution < 1.29 is 41.8 Å². The number of amides is 2. The number of carbonyl (C=O) groups excluding carboxylic acids is 4. The average Bonchev–Trinajstić information content (AvgIpc) is 4.21. The standard InChI is InChI=1S/C49H68N4O9S/c1-7-33-26-49(33,46(57)51-63(58,59)48(6)20-21-48)27-40(54)39-24-34-29-53(39)45(56)37(47(3,4)5)25-42(55)62-41-23-32(41)16-10-9-11-18-36-43(60-30-31-15-14-22-52(8-2)28-31)35-17-12-13-19-38(35)50-44(36)61-34/h7,12-13,17,19,31-34,37,39,41H,1,8-11,14-16,18,20-30H2,2-6H3,(H,51,57)/t31?,32-,33-,34-,37-,39+,41-,49-/m1/s1. The summed E-state index contributed by atoms with van der Waals surface area (Å²) >= 11 is 0. The Balaban J connectivity index is 1.13. The molecule has 13 nitrogen and oxygen atoms in total. The summed E-state index contributed by atoms with van der Waals surface area (Å²) in [6, 6.07) is 6.94. The monoisotopic (exact) mass is 888 g/mol. The van der Waals surface area contributed by atoms with Crippen molar-refractivity contribution in [1.29, 1.82) is 0 Å². The summed E-state index contributed by atoms with van der Waals surface area (Å²) in [7, 11) is -3.96. The number of rotatable bonds is 11. The molecular formula is C49H68N4O9S. The number of sulfonamides is 1. The zero-order chi connectivity index (χ0) is 44.9. The molecule has 0 radical (unpaired) electrons. The molecule has 63 heavy (non-hydrogen) atoms. The molecule has 6 aliphatic rings. The number of carbonyl (C=O) groups is 4. The number of benzene rings is 1. The highest BCUT2D eigenvalue weighted by Gasteiger charge is 2.62. The predicted molar refractivity (Wildman–Crippen MR) is 239 cm³/mol. The average molecular weight is 889 g/mol. The smallest absolute Gasteiger partial charge is 0.306 e. The third kappa shape index (κ3) is 9.68. The van der Waals surface area contributed by atoms with Gasteiger partial charge in [0, 0.05) is 30.7 Å². The van der Waals surface area contributed by atoms with Gasteiger partial charge in [-0.2, -0.15) is 0 Å². The molecule has 8 rings (SSSR count). The van der Waals surface area contributed by atoms with Crippen molar-refractivity contribution >= 4 is 44.5 Å². The van der Waals surface area contributed by atoms with Gasteiger partial charge >= 0.3 is 5.97 Å². The molecule has 5 fully saturated rings. The van der Waals surface area contributed by atoms with Crippen LogP contribution < -0.4 is 14.2 Å². The third-order valence-electron chi connectivity index (χ3n) is 15.2. The number of nitrogens with zero attached hydrogens (tertiary/aromatic N) is 3. The van der Waals surface area contributed by atoms with Crippen LogP contribution in [0.3, 0.4) is 0 Å². The number of fused-ring (bicyclic) bond motifs is 5. The Morgan fingerprint density at radius 1 is 1.05 bits per heavy atom. The SMILES string of the molecule is C=C[C@@H]1C[C@]1(CC(=O)[C@@H]1C[C@@H]2CN1C(=O)[C@H](C(C)(C)C)CC(=O)O[C@@H]1C[C@H]1CCCCCc1c(nc3ccccc3c1OCC1CCCN(CC)C1)O2)C(=O)NS(=O)(=O)C1(C)CC1. The van der Waals surface area contributed by atoms with Crippen LogP contribution >= 0.6 is 0 Å². The molecule has 8 atom stereocenters. The van der Waals surface area contributed by atoms with Gasteiger partial charge in [0.1, 0.15) is 18.0 Å². The number of aromatic nitrogens is 1. The molecule has 3 saturated carbocycles. The highest BCUT2D eigenvalue weighted by Crippen LogP contribution is 2.57. The summed E-state index contributed by atoms with van der Waals surface area (Å²) in [6.45, 7) is 17.1. The van der Waals surface area contributed by atoms with Crippen LogP contribution in [-0.2, 0) is 40.4 Å². The first-order valence-corrected chi connectivity index (χ1v) is 25.1. The first kappa shape index (κ1) is 45.5. The van der Waals surface area contributed by atoms with E-state index in [0.29, 0.717) is 43.6 Å². The van der Waals surface area contributed by atoms with Crippen molar-refractivity contribution in [3.8, 4) is 11.6 Å². The summed E-state index contributed by atoms with van der Waals surface area (Å²) in [5.74, 6) is -1.20. The number of allylic oxidation sites excluding steroid dienone is 1. The van der Waals surface area contributed by atoms with Gasteiger partial charge < -0.3 is 24.0 Å². The first-order valence-electron chi connectivity index (χ1n) is 23.6. The minimum atomic E-state index is -3.96. The first-order chi connectivity index (χ1) is 29.9. The van der Waals surface area contributed by atoms with Gasteiger partial charge in [-0.3, -0.25) is 23.9 Å². The molecule has 2 aromatic rings. The molecule has 1 N–H and O–H groups in total. The molecule has 14 heteroatoms. The molecule has 1 aromatic heterocycles. The zero-order valence-electron chi connectivity index (χ0n) is 38.0. The van der Waals surface area contributed by atoms with Crippen LogP contribution in [-0.4, -0.2) is 103 Å². The van der Waals surface area contributed by atoms with E-state index in [-0.39, 0.29) is 50.0 Å². The lowest BCUT2D eigenvalue weighted by molar-refractivity contribution is -0.154. The van der Waals surface area contributed by atoms with Gasteiger partial charge in [0.05, 0.1) is 52.8 Å². The van der Waals surface area contributed by atoms with Crippen molar-refractivity contribution in [3.05, 3.63) is 42.5 Å². The van der Waals surface area contributed by atoms with Crippen molar-refractivity contribution in [2.24, 2.45) is 34.5 Å². The third-order valence-corrected chi connectivity index (χ3v) is 17.3. The van der Waals surface area contributed by atoms with E-state index in [1.165, 1.54) is 0 Å². The molecule has 1 aromatic carbocycles. The molecule has 0 spiro atoms. The van der Waals surface area contributed by atoms with Gasteiger partial charge in [0.15, 0.2) is 5.78 Å². The highest BCUT2D eigenvalue weighted by molar-refractivity contribution is 7.91. The maximum Gasteiger partial charge on any atom is 0.306 e. The minimum Gasteiger partial charge on any atom is -0.492 e. The van der Waals surface area contributed by atoms with E-state index in [2.05, 4.69) is 23.1 Å². The Labute approximate surface area is 373 Å². The molecule has 2 amide bonds.